The number of hydrogen-bond acceptors (Lipinski definition) is 4. The second-order valence-corrected chi connectivity index (χ2v) is 8.22. The molecule has 2 heterocycles. The summed E-state index contributed by atoms with van der Waals surface area (Å²) in [6.07, 6.45) is 0.788. The highest BCUT2D eigenvalue weighted by molar-refractivity contribution is 6.30. The Morgan fingerprint density at radius 2 is 1.93 bits per heavy atom. The molecule has 1 aliphatic heterocycles. The number of carbonyl (C=O) groups excluding carboxylic acids is 1. The van der Waals surface area contributed by atoms with E-state index in [0.29, 0.717) is 28.1 Å². The van der Waals surface area contributed by atoms with Crippen LogP contribution in [0, 0.1) is 6.92 Å². The fourth-order valence-electron chi connectivity index (χ4n) is 3.95. The quantitative estimate of drug-likeness (QED) is 0.631. The predicted octanol–water partition coefficient (Wildman–Crippen LogP) is 4.25. The van der Waals surface area contributed by atoms with Gasteiger partial charge in [0.05, 0.1) is 17.0 Å². The zero-order chi connectivity index (χ0) is 20.7. The maximum atomic E-state index is 13.4. The Balaban J connectivity index is 1.89. The van der Waals surface area contributed by atoms with E-state index in [-0.39, 0.29) is 17.1 Å². The molecule has 0 bridgehead atoms. The molecule has 1 amide bonds. The number of halogens is 1. The molecule has 0 saturated heterocycles. The summed E-state index contributed by atoms with van der Waals surface area (Å²) >= 11 is 6.22. The van der Waals surface area contributed by atoms with Crippen molar-refractivity contribution >= 4 is 28.5 Å². The van der Waals surface area contributed by atoms with Gasteiger partial charge in [0.15, 0.2) is 5.43 Å². The molecule has 0 saturated carbocycles. The average Bonchev–Trinajstić information content (AvgIpc) is 2.95. The molecule has 4 rings (SSSR count). The first-order valence-corrected chi connectivity index (χ1v) is 10.0. The van der Waals surface area contributed by atoms with Crippen LogP contribution in [-0.2, 0) is 0 Å². The van der Waals surface area contributed by atoms with Crippen LogP contribution >= 0.6 is 11.6 Å². The van der Waals surface area contributed by atoms with E-state index in [1.165, 1.54) is 0 Å². The first-order valence-electron chi connectivity index (χ1n) is 9.65. The first kappa shape index (κ1) is 19.7. The number of benzene rings is 2. The fourth-order valence-corrected chi connectivity index (χ4v) is 4.14. The van der Waals surface area contributed by atoms with Crippen molar-refractivity contribution in [3.8, 4) is 0 Å². The third-order valence-corrected chi connectivity index (χ3v) is 5.53. The standard InChI is InChI=1S/C23H23ClN2O3/c1-14-8-9-18-17(12-14)21(27)19-20(15-6-4-7-16(24)13-15)26(11-5-10-25(2)3)23(28)22(19)29-18/h4,6-9,12-13,20H,5,10-11H2,1-3H3/t20-/m0/s1. The topological polar surface area (TPSA) is 53.8 Å². The minimum absolute atomic E-state index is 0.140. The Bertz CT molecular complexity index is 1150. The third kappa shape index (κ3) is 3.56. The number of rotatable bonds is 5. The van der Waals surface area contributed by atoms with Crippen molar-refractivity contribution in [3.05, 3.63) is 80.2 Å². The Morgan fingerprint density at radius 3 is 2.66 bits per heavy atom. The normalized spacial score (nSPS) is 16.1. The highest BCUT2D eigenvalue weighted by Gasteiger charge is 2.42. The van der Waals surface area contributed by atoms with E-state index in [9.17, 15) is 9.59 Å². The van der Waals surface area contributed by atoms with Gasteiger partial charge in [-0.25, -0.2) is 0 Å². The van der Waals surface area contributed by atoms with E-state index >= 15 is 0 Å². The summed E-state index contributed by atoms with van der Waals surface area (Å²) in [7, 11) is 3.99. The first-order chi connectivity index (χ1) is 13.9. The lowest BCUT2D eigenvalue weighted by atomic mass is 9.98. The largest absolute Gasteiger partial charge is 0.450 e. The van der Waals surface area contributed by atoms with Crippen LogP contribution in [0.2, 0.25) is 5.02 Å². The zero-order valence-corrected chi connectivity index (χ0v) is 17.5. The molecule has 1 aromatic heterocycles. The molecule has 1 aliphatic rings. The summed E-state index contributed by atoms with van der Waals surface area (Å²) in [5.74, 6) is -0.107. The van der Waals surface area contributed by atoms with Crippen molar-refractivity contribution in [3.63, 3.8) is 0 Å². The lowest BCUT2D eigenvalue weighted by molar-refractivity contribution is 0.0722. The maximum absolute atomic E-state index is 13.4. The van der Waals surface area contributed by atoms with Crippen LogP contribution in [0.5, 0.6) is 0 Å². The van der Waals surface area contributed by atoms with Gasteiger partial charge in [-0.2, -0.15) is 0 Å². The van der Waals surface area contributed by atoms with Crippen LogP contribution < -0.4 is 5.43 Å². The van der Waals surface area contributed by atoms with E-state index < -0.39 is 6.04 Å². The van der Waals surface area contributed by atoms with Gasteiger partial charge in [0, 0.05) is 11.6 Å². The summed E-state index contributed by atoms with van der Waals surface area (Å²) < 4.78 is 5.96. The molecule has 6 heteroatoms. The fraction of sp³-hybridized carbons (Fsp3) is 0.304. The molecule has 0 unspecified atom stereocenters. The SMILES string of the molecule is Cc1ccc2oc3c(c(=O)c2c1)[C@H](c1cccc(Cl)c1)N(CCCN(C)C)C3=O. The highest BCUT2D eigenvalue weighted by Crippen LogP contribution is 2.38. The molecule has 0 spiro atoms. The smallest absolute Gasteiger partial charge is 0.290 e. The van der Waals surface area contributed by atoms with Crippen LogP contribution in [0.15, 0.2) is 51.7 Å². The molecular formula is C23H23ClN2O3. The van der Waals surface area contributed by atoms with Gasteiger partial charge in [0.2, 0.25) is 5.76 Å². The van der Waals surface area contributed by atoms with E-state index in [1.807, 2.05) is 51.4 Å². The molecular weight excluding hydrogens is 388 g/mol. The number of hydrogen-bond donors (Lipinski definition) is 0. The van der Waals surface area contributed by atoms with Gasteiger partial charge < -0.3 is 14.2 Å². The Morgan fingerprint density at radius 1 is 1.14 bits per heavy atom. The Hall–Kier alpha value is -2.63. The van der Waals surface area contributed by atoms with Crippen LogP contribution in [0.1, 0.15) is 39.7 Å². The Kier molecular flexibility index (Phi) is 5.19. The minimum atomic E-state index is -0.500. The summed E-state index contributed by atoms with van der Waals surface area (Å²) in [6, 6.07) is 12.3. The second-order valence-electron chi connectivity index (χ2n) is 7.79. The molecule has 0 fully saturated rings. The summed E-state index contributed by atoms with van der Waals surface area (Å²) in [5.41, 5.74) is 2.47. The molecule has 3 aromatic rings. The summed E-state index contributed by atoms with van der Waals surface area (Å²) in [6.45, 7) is 3.29. The molecule has 0 aliphatic carbocycles. The molecule has 29 heavy (non-hydrogen) atoms. The van der Waals surface area contributed by atoms with E-state index in [1.54, 1.807) is 17.0 Å². The molecule has 2 aromatic carbocycles. The zero-order valence-electron chi connectivity index (χ0n) is 16.7. The van der Waals surface area contributed by atoms with Crippen molar-refractivity contribution in [2.45, 2.75) is 19.4 Å². The van der Waals surface area contributed by atoms with E-state index in [4.69, 9.17) is 16.0 Å². The molecule has 5 nitrogen and oxygen atoms in total. The third-order valence-electron chi connectivity index (χ3n) is 5.29. The Labute approximate surface area is 174 Å². The van der Waals surface area contributed by atoms with E-state index in [0.717, 1.165) is 24.1 Å². The number of fused-ring (bicyclic) bond motifs is 2. The van der Waals surface area contributed by atoms with Crippen molar-refractivity contribution in [2.75, 3.05) is 27.2 Å². The van der Waals surface area contributed by atoms with Crippen molar-refractivity contribution in [1.82, 2.24) is 9.80 Å². The van der Waals surface area contributed by atoms with Crippen LogP contribution in [0.25, 0.3) is 11.0 Å². The number of nitrogens with zero attached hydrogens (tertiary/aromatic N) is 2. The van der Waals surface area contributed by atoms with Crippen LogP contribution in [0.4, 0.5) is 0 Å². The van der Waals surface area contributed by atoms with Crippen molar-refractivity contribution in [1.29, 1.82) is 0 Å². The highest BCUT2D eigenvalue weighted by atomic mass is 35.5. The van der Waals surface area contributed by atoms with Crippen LogP contribution in [-0.4, -0.2) is 42.9 Å². The van der Waals surface area contributed by atoms with Gasteiger partial charge in [-0.1, -0.05) is 35.4 Å². The number of aryl methyl sites for hydroxylation is 1. The van der Waals surface area contributed by atoms with Gasteiger partial charge in [-0.15, -0.1) is 0 Å². The van der Waals surface area contributed by atoms with E-state index in [2.05, 4.69) is 4.90 Å². The van der Waals surface area contributed by atoms with Gasteiger partial charge in [-0.3, -0.25) is 9.59 Å². The summed E-state index contributed by atoms with van der Waals surface area (Å²) in [5, 5.41) is 1.07. The van der Waals surface area contributed by atoms with Gasteiger partial charge in [0.1, 0.15) is 5.58 Å². The summed E-state index contributed by atoms with van der Waals surface area (Å²) in [4.78, 5) is 30.5. The minimum Gasteiger partial charge on any atom is -0.450 e. The number of amides is 1. The van der Waals surface area contributed by atoms with Crippen molar-refractivity contribution < 1.29 is 9.21 Å². The average molecular weight is 411 g/mol. The van der Waals surface area contributed by atoms with Crippen molar-refractivity contribution in [2.24, 2.45) is 0 Å². The van der Waals surface area contributed by atoms with Gasteiger partial charge in [0.25, 0.3) is 5.91 Å². The van der Waals surface area contributed by atoms with Gasteiger partial charge in [-0.05, 0) is 63.8 Å². The molecule has 1 atom stereocenters. The van der Waals surface area contributed by atoms with Gasteiger partial charge >= 0.3 is 0 Å². The lowest BCUT2D eigenvalue weighted by Gasteiger charge is -2.25. The molecule has 0 N–H and O–H groups in total. The van der Waals surface area contributed by atoms with Crippen LogP contribution in [0.3, 0.4) is 0 Å². The molecule has 150 valence electrons. The predicted molar refractivity (Wildman–Crippen MR) is 115 cm³/mol. The number of carbonyl (C=O) groups is 1. The maximum Gasteiger partial charge on any atom is 0.290 e. The monoisotopic (exact) mass is 410 g/mol. The lowest BCUT2D eigenvalue weighted by Crippen LogP contribution is -2.32. The molecule has 0 radical (unpaired) electrons. The second kappa shape index (κ2) is 7.65.